The summed E-state index contributed by atoms with van der Waals surface area (Å²) in [4.78, 5) is 10.7. The third-order valence-electron chi connectivity index (χ3n) is 0.944. The molecular weight excluding hydrogens is 124 g/mol. The van der Waals surface area contributed by atoms with Gasteiger partial charge in [0.1, 0.15) is 0 Å². The molecule has 0 saturated heterocycles. The summed E-state index contributed by atoms with van der Waals surface area (Å²) in [5.74, 6) is 0.126. The van der Waals surface area contributed by atoms with Crippen molar-refractivity contribution < 1.29 is 4.79 Å². The Labute approximate surface area is 61.8 Å². The number of hydrogen-bond donors (Lipinski definition) is 0. The molecule has 1 nitrogen and oxygen atoms in total. The van der Waals surface area contributed by atoms with Gasteiger partial charge in [-0.3, -0.25) is 4.79 Å². The second-order valence-corrected chi connectivity index (χ2v) is 1.83. The molecule has 1 heteroatoms. The molecule has 0 aromatic heterocycles. The van der Waals surface area contributed by atoms with E-state index >= 15 is 0 Å². The zero-order valence-electron chi connectivity index (χ0n) is 6.21. The smallest absolute Gasteiger partial charge is 0.159 e. The van der Waals surface area contributed by atoms with Crippen molar-refractivity contribution in [3.8, 4) is 0 Å². The van der Waals surface area contributed by atoms with Crippen LogP contribution in [0.2, 0.25) is 0 Å². The molecule has 0 aliphatic rings. The van der Waals surface area contributed by atoms with Crippen molar-refractivity contribution in [1.82, 2.24) is 0 Å². The van der Waals surface area contributed by atoms with Crippen molar-refractivity contribution >= 4 is 5.78 Å². The summed E-state index contributed by atoms with van der Waals surface area (Å²) < 4.78 is 0. The maximum absolute atomic E-state index is 10.7. The number of carbonyl (C=O) groups excluding carboxylic acids is 1. The van der Waals surface area contributed by atoms with Crippen molar-refractivity contribution in [2.75, 3.05) is 0 Å². The molecule has 0 aromatic carbocycles. The van der Waals surface area contributed by atoms with Crippen LogP contribution in [0.3, 0.4) is 0 Å². The van der Waals surface area contributed by atoms with E-state index in [-0.39, 0.29) is 5.78 Å². The minimum atomic E-state index is 0.126. The van der Waals surface area contributed by atoms with Gasteiger partial charge in [0.05, 0.1) is 0 Å². The fourth-order valence-corrected chi connectivity index (χ4v) is 0.534. The maximum atomic E-state index is 10.7. The molecule has 10 heavy (non-hydrogen) atoms. The molecule has 0 saturated carbocycles. The van der Waals surface area contributed by atoms with Gasteiger partial charge in [-0.1, -0.05) is 30.9 Å². The van der Waals surface area contributed by atoms with Crippen LogP contribution in [0.1, 0.15) is 13.3 Å². The summed E-state index contributed by atoms with van der Waals surface area (Å²) in [6, 6.07) is 0. The Morgan fingerprint density at radius 1 is 1.60 bits per heavy atom. The van der Waals surface area contributed by atoms with Crippen LogP contribution in [0, 0.1) is 0 Å². The average molecular weight is 136 g/mol. The monoisotopic (exact) mass is 136 g/mol. The van der Waals surface area contributed by atoms with Crippen LogP contribution in [0.15, 0.2) is 37.0 Å². The van der Waals surface area contributed by atoms with E-state index in [0.717, 1.165) is 0 Å². The third-order valence-corrected chi connectivity index (χ3v) is 0.944. The molecule has 0 unspecified atom stereocenters. The molecule has 0 aliphatic carbocycles. The first-order valence-electron chi connectivity index (χ1n) is 3.24. The van der Waals surface area contributed by atoms with Gasteiger partial charge in [-0.25, -0.2) is 0 Å². The highest BCUT2D eigenvalue weighted by atomic mass is 16.1. The molecule has 0 heterocycles. The molecule has 0 fully saturated rings. The van der Waals surface area contributed by atoms with Crippen LogP contribution in [0.4, 0.5) is 0 Å². The van der Waals surface area contributed by atoms with Gasteiger partial charge in [0.15, 0.2) is 5.78 Å². The van der Waals surface area contributed by atoms with Gasteiger partial charge < -0.3 is 0 Å². The molecule has 0 spiro atoms. The number of allylic oxidation sites excluding steroid dienone is 5. The Balaban J connectivity index is 3.58. The fraction of sp³-hybridized carbons (Fsp3) is 0.222. The summed E-state index contributed by atoms with van der Waals surface area (Å²) in [7, 11) is 0. The minimum Gasteiger partial charge on any atom is -0.295 e. The number of ketones is 1. The Hall–Kier alpha value is -1.11. The lowest BCUT2D eigenvalue weighted by atomic mass is 10.2. The molecule has 0 rings (SSSR count). The zero-order chi connectivity index (χ0) is 7.82. The first-order chi connectivity index (χ1) is 4.81. The van der Waals surface area contributed by atoms with Gasteiger partial charge in [0.2, 0.25) is 0 Å². The Bertz CT molecular complexity index is 164. The van der Waals surface area contributed by atoms with Gasteiger partial charge in [-0.05, 0) is 13.0 Å². The Morgan fingerprint density at radius 3 is 2.80 bits per heavy atom. The van der Waals surface area contributed by atoms with Crippen LogP contribution >= 0.6 is 0 Å². The van der Waals surface area contributed by atoms with E-state index in [4.69, 9.17) is 0 Å². The largest absolute Gasteiger partial charge is 0.295 e. The second kappa shape index (κ2) is 6.02. The lowest BCUT2D eigenvalue weighted by molar-refractivity contribution is -0.113. The standard InChI is InChI=1S/C9H12O/c1-3-5-6-8-9(10)7-4-2/h3-7H,1,8H2,2H3. The van der Waals surface area contributed by atoms with Crippen molar-refractivity contribution in [3.05, 3.63) is 37.0 Å². The fourth-order valence-electron chi connectivity index (χ4n) is 0.534. The zero-order valence-corrected chi connectivity index (χ0v) is 6.21. The molecule has 0 aromatic rings. The molecule has 0 N–H and O–H groups in total. The maximum Gasteiger partial charge on any atom is 0.159 e. The Morgan fingerprint density at radius 2 is 2.30 bits per heavy atom. The molecular formula is C9H12O. The summed E-state index contributed by atoms with van der Waals surface area (Å²) in [6.07, 6.45) is 8.98. The van der Waals surface area contributed by atoms with E-state index in [1.54, 1.807) is 30.4 Å². The summed E-state index contributed by atoms with van der Waals surface area (Å²) >= 11 is 0. The first-order valence-corrected chi connectivity index (χ1v) is 3.24. The van der Waals surface area contributed by atoms with E-state index in [0.29, 0.717) is 6.42 Å². The predicted molar refractivity (Wildman–Crippen MR) is 43.8 cm³/mol. The minimum absolute atomic E-state index is 0.126. The van der Waals surface area contributed by atoms with Crippen molar-refractivity contribution in [1.29, 1.82) is 0 Å². The summed E-state index contributed by atoms with van der Waals surface area (Å²) in [5.41, 5.74) is 0. The van der Waals surface area contributed by atoms with Crippen LogP contribution in [0.25, 0.3) is 0 Å². The number of rotatable bonds is 4. The van der Waals surface area contributed by atoms with Crippen LogP contribution < -0.4 is 0 Å². The van der Waals surface area contributed by atoms with Gasteiger partial charge in [-0.15, -0.1) is 0 Å². The molecule has 0 amide bonds. The SMILES string of the molecule is C=CC=CCC(=O)C=CC. The number of hydrogen-bond acceptors (Lipinski definition) is 1. The Kier molecular flexibility index (Phi) is 5.35. The van der Waals surface area contributed by atoms with E-state index in [9.17, 15) is 4.79 Å². The summed E-state index contributed by atoms with van der Waals surface area (Å²) in [5, 5.41) is 0. The lowest BCUT2D eigenvalue weighted by Crippen LogP contribution is -1.87. The van der Waals surface area contributed by atoms with Gasteiger partial charge in [-0.2, -0.15) is 0 Å². The van der Waals surface area contributed by atoms with Gasteiger partial charge >= 0.3 is 0 Å². The van der Waals surface area contributed by atoms with Gasteiger partial charge in [0, 0.05) is 6.42 Å². The van der Waals surface area contributed by atoms with Crippen LogP contribution in [-0.4, -0.2) is 5.78 Å². The molecule has 54 valence electrons. The van der Waals surface area contributed by atoms with Crippen molar-refractivity contribution in [2.45, 2.75) is 13.3 Å². The molecule has 0 aliphatic heterocycles. The van der Waals surface area contributed by atoms with E-state index in [2.05, 4.69) is 6.58 Å². The highest BCUT2D eigenvalue weighted by Crippen LogP contribution is 1.87. The molecule has 0 atom stereocenters. The lowest BCUT2D eigenvalue weighted by Gasteiger charge is -1.82. The molecule has 0 bridgehead atoms. The highest BCUT2D eigenvalue weighted by molar-refractivity contribution is 5.90. The highest BCUT2D eigenvalue weighted by Gasteiger charge is 1.87. The van der Waals surface area contributed by atoms with E-state index < -0.39 is 0 Å². The number of carbonyl (C=O) groups is 1. The van der Waals surface area contributed by atoms with E-state index in [1.807, 2.05) is 6.92 Å². The van der Waals surface area contributed by atoms with E-state index in [1.165, 1.54) is 0 Å². The second-order valence-electron chi connectivity index (χ2n) is 1.83. The normalized spacial score (nSPS) is 10.9. The third kappa shape index (κ3) is 5.04. The van der Waals surface area contributed by atoms with Crippen LogP contribution in [-0.2, 0) is 4.79 Å². The van der Waals surface area contributed by atoms with Crippen molar-refractivity contribution in [2.24, 2.45) is 0 Å². The predicted octanol–water partition coefficient (Wildman–Crippen LogP) is 2.26. The topological polar surface area (TPSA) is 17.1 Å². The van der Waals surface area contributed by atoms with Gasteiger partial charge in [0.25, 0.3) is 0 Å². The van der Waals surface area contributed by atoms with Crippen LogP contribution in [0.5, 0.6) is 0 Å². The molecule has 0 radical (unpaired) electrons. The quantitative estimate of drug-likeness (QED) is 0.428. The van der Waals surface area contributed by atoms with Crippen molar-refractivity contribution in [3.63, 3.8) is 0 Å². The summed E-state index contributed by atoms with van der Waals surface area (Å²) in [6.45, 7) is 5.32. The average Bonchev–Trinajstić information content (AvgIpc) is 1.89. The first kappa shape index (κ1) is 8.89.